The Hall–Kier alpha value is -1.96. The minimum atomic E-state index is 0.105. The molecule has 0 bridgehead atoms. The van der Waals surface area contributed by atoms with Gasteiger partial charge in [0.15, 0.2) is 0 Å². The molecule has 1 atom stereocenters. The van der Waals surface area contributed by atoms with Crippen LogP contribution in [0.15, 0.2) is 97.1 Å². The Balaban J connectivity index is 2.07. The summed E-state index contributed by atoms with van der Waals surface area (Å²) in [4.78, 5) is 0. The predicted molar refractivity (Wildman–Crippen MR) is 103 cm³/mol. The zero-order chi connectivity index (χ0) is 15.9. The Morgan fingerprint density at radius 3 is 1.57 bits per heavy atom. The Morgan fingerprint density at radius 2 is 1.13 bits per heavy atom. The molecule has 3 rings (SSSR count). The third-order valence-electron chi connectivity index (χ3n) is 3.71. The standard InChI is InChI=1S/C21H17ClS/c22-23-21(19-14-8-3-9-15-19)16-20(17-10-4-1-5-11-17)18-12-6-2-7-13-18/h1-16,21H. The van der Waals surface area contributed by atoms with Gasteiger partial charge in [-0.1, -0.05) is 97.1 Å². The van der Waals surface area contributed by atoms with Crippen LogP contribution in [0, 0.1) is 0 Å². The van der Waals surface area contributed by atoms with Crippen LogP contribution < -0.4 is 0 Å². The molecule has 3 aromatic carbocycles. The first-order chi connectivity index (χ1) is 11.4. The van der Waals surface area contributed by atoms with Gasteiger partial charge >= 0.3 is 0 Å². The van der Waals surface area contributed by atoms with Crippen LogP contribution in [0.4, 0.5) is 0 Å². The van der Waals surface area contributed by atoms with Gasteiger partial charge in [-0.25, -0.2) is 0 Å². The first-order valence-corrected chi connectivity index (χ1v) is 9.24. The maximum absolute atomic E-state index is 6.19. The van der Waals surface area contributed by atoms with Gasteiger partial charge in [0.1, 0.15) is 0 Å². The van der Waals surface area contributed by atoms with E-state index in [9.17, 15) is 0 Å². The lowest BCUT2D eigenvalue weighted by molar-refractivity contribution is 1.24. The molecule has 0 fully saturated rings. The fourth-order valence-corrected chi connectivity index (χ4v) is 3.47. The van der Waals surface area contributed by atoms with Gasteiger partial charge in [0, 0.05) is 0 Å². The largest absolute Gasteiger partial charge is 0.0638 e. The second-order valence-corrected chi connectivity index (χ2v) is 6.45. The van der Waals surface area contributed by atoms with E-state index in [-0.39, 0.29) is 5.25 Å². The van der Waals surface area contributed by atoms with Gasteiger partial charge in [-0.3, -0.25) is 0 Å². The SMILES string of the molecule is ClSC(C=C(c1ccccc1)c1ccccc1)c1ccccc1. The first kappa shape index (κ1) is 15.9. The quantitative estimate of drug-likeness (QED) is 0.496. The molecule has 23 heavy (non-hydrogen) atoms. The molecule has 0 heterocycles. The summed E-state index contributed by atoms with van der Waals surface area (Å²) in [6, 6.07) is 31.3. The van der Waals surface area contributed by atoms with E-state index in [2.05, 4.69) is 66.7 Å². The van der Waals surface area contributed by atoms with Gasteiger partial charge in [-0.05, 0) is 43.9 Å². The van der Waals surface area contributed by atoms with Gasteiger partial charge in [0.05, 0.1) is 5.25 Å². The van der Waals surface area contributed by atoms with E-state index < -0.39 is 0 Å². The Labute approximate surface area is 146 Å². The summed E-state index contributed by atoms with van der Waals surface area (Å²) in [5.41, 5.74) is 4.81. The second kappa shape index (κ2) is 8.05. The molecule has 0 aliphatic carbocycles. The van der Waals surface area contributed by atoms with E-state index in [1.807, 2.05) is 30.3 Å². The lowest BCUT2D eigenvalue weighted by atomic mass is 9.96. The monoisotopic (exact) mass is 336 g/mol. The molecule has 0 amide bonds. The molecule has 0 aromatic heterocycles. The second-order valence-electron chi connectivity index (χ2n) is 5.23. The van der Waals surface area contributed by atoms with E-state index in [0.717, 1.165) is 0 Å². The summed E-state index contributed by atoms with van der Waals surface area (Å²) in [5, 5.41) is 0.105. The molecule has 0 aliphatic rings. The highest BCUT2D eigenvalue weighted by atomic mass is 35.7. The van der Waals surface area contributed by atoms with Crippen molar-refractivity contribution in [2.24, 2.45) is 0 Å². The molecular formula is C21H17ClS. The summed E-state index contributed by atoms with van der Waals surface area (Å²) < 4.78 is 0. The number of hydrogen-bond donors (Lipinski definition) is 0. The topological polar surface area (TPSA) is 0 Å². The Morgan fingerprint density at radius 1 is 0.696 bits per heavy atom. The average Bonchev–Trinajstić information content (AvgIpc) is 2.65. The van der Waals surface area contributed by atoms with Crippen LogP contribution in [0.1, 0.15) is 21.9 Å². The minimum Gasteiger partial charge on any atom is -0.0622 e. The van der Waals surface area contributed by atoms with Gasteiger partial charge < -0.3 is 0 Å². The lowest BCUT2D eigenvalue weighted by Crippen LogP contribution is -1.93. The van der Waals surface area contributed by atoms with E-state index >= 15 is 0 Å². The molecule has 1 unspecified atom stereocenters. The fourth-order valence-electron chi connectivity index (χ4n) is 2.56. The van der Waals surface area contributed by atoms with Crippen molar-refractivity contribution < 1.29 is 0 Å². The molecule has 0 N–H and O–H groups in total. The normalized spacial score (nSPS) is 11.7. The summed E-state index contributed by atoms with van der Waals surface area (Å²) in [7, 11) is 7.53. The zero-order valence-electron chi connectivity index (χ0n) is 12.6. The van der Waals surface area contributed by atoms with E-state index in [1.54, 1.807) is 0 Å². The summed E-state index contributed by atoms with van der Waals surface area (Å²) >= 11 is 0. The van der Waals surface area contributed by atoms with Crippen molar-refractivity contribution in [3.8, 4) is 0 Å². The molecule has 0 nitrogen and oxygen atoms in total. The third-order valence-corrected chi connectivity index (χ3v) is 4.89. The zero-order valence-corrected chi connectivity index (χ0v) is 14.2. The smallest absolute Gasteiger partial charge is 0.0622 e. The highest BCUT2D eigenvalue weighted by molar-refractivity contribution is 8.21. The molecule has 0 saturated heterocycles. The number of rotatable bonds is 5. The van der Waals surface area contributed by atoms with Gasteiger partial charge in [0.25, 0.3) is 0 Å². The van der Waals surface area contributed by atoms with Crippen molar-refractivity contribution in [2.45, 2.75) is 5.25 Å². The summed E-state index contributed by atoms with van der Waals surface area (Å²) in [6.45, 7) is 0. The molecule has 0 spiro atoms. The van der Waals surface area contributed by atoms with Gasteiger partial charge in [-0.15, -0.1) is 0 Å². The molecule has 0 radical (unpaired) electrons. The lowest BCUT2D eigenvalue weighted by Gasteiger charge is -2.14. The van der Waals surface area contributed by atoms with Crippen LogP contribution in [0.25, 0.3) is 5.57 Å². The molecule has 2 heteroatoms. The third kappa shape index (κ3) is 4.07. The van der Waals surface area contributed by atoms with Crippen molar-refractivity contribution in [3.05, 3.63) is 114 Å². The van der Waals surface area contributed by atoms with Crippen molar-refractivity contribution in [2.75, 3.05) is 0 Å². The van der Waals surface area contributed by atoms with E-state index in [4.69, 9.17) is 10.7 Å². The van der Waals surface area contributed by atoms with E-state index in [1.165, 1.54) is 33.2 Å². The van der Waals surface area contributed by atoms with Crippen molar-refractivity contribution in [1.29, 1.82) is 0 Å². The molecule has 114 valence electrons. The average molecular weight is 337 g/mol. The number of benzene rings is 3. The maximum atomic E-state index is 6.19. The number of hydrogen-bond acceptors (Lipinski definition) is 1. The predicted octanol–water partition coefficient (Wildman–Crippen LogP) is 6.75. The van der Waals surface area contributed by atoms with Crippen LogP contribution in [0.3, 0.4) is 0 Å². The summed E-state index contributed by atoms with van der Waals surface area (Å²) in [5.74, 6) is 0. The Bertz CT molecular complexity index is 710. The first-order valence-electron chi connectivity index (χ1n) is 7.53. The van der Waals surface area contributed by atoms with Crippen molar-refractivity contribution in [1.82, 2.24) is 0 Å². The van der Waals surface area contributed by atoms with Crippen LogP contribution in [-0.4, -0.2) is 0 Å². The van der Waals surface area contributed by atoms with Gasteiger partial charge in [-0.2, -0.15) is 0 Å². The van der Waals surface area contributed by atoms with Crippen LogP contribution in [-0.2, 0) is 0 Å². The highest BCUT2D eigenvalue weighted by Gasteiger charge is 2.12. The summed E-state index contributed by atoms with van der Waals surface area (Å²) in [6.07, 6.45) is 2.25. The van der Waals surface area contributed by atoms with Crippen LogP contribution in [0.5, 0.6) is 0 Å². The van der Waals surface area contributed by atoms with Crippen molar-refractivity contribution in [3.63, 3.8) is 0 Å². The maximum Gasteiger partial charge on any atom is 0.0638 e. The Kier molecular flexibility index (Phi) is 5.57. The molecule has 3 aromatic rings. The molecule has 0 aliphatic heterocycles. The molecule has 0 saturated carbocycles. The van der Waals surface area contributed by atoms with Gasteiger partial charge in [0.2, 0.25) is 0 Å². The van der Waals surface area contributed by atoms with Crippen molar-refractivity contribution >= 4 is 27.2 Å². The fraction of sp³-hybridized carbons (Fsp3) is 0.0476. The van der Waals surface area contributed by atoms with Crippen LogP contribution in [0.2, 0.25) is 0 Å². The molecular weight excluding hydrogens is 320 g/mol. The highest BCUT2D eigenvalue weighted by Crippen LogP contribution is 2.37. The van der Waals surface area contributed by atoms with Crippen LogP contribution >= 0.6 is 21.7 Å². The minimum absolute atomic E-state index is 0.105. The number of halogens is 1. The van der Waals surface area contributed by atoms with E-state index in [0.29, 0.717) is 0 Å².